The lowest BCUT2D eigenvalue weighted by Crippen LogP contribution is -2.41. The fourth-order valence-corrected chi connectivity index (χ4v) is 2.67. The molecule has 2 rings (SSSR count). The molecule has 0 aliphatic heterocycles. The van der Waals surface area contributed by atoms with E-state index < -0.39 is 17.1 Å². The average Bonchev–Trinajstić information content (AvgIpc) is 2.63. The van der Waals surface area contributed by atoms with Crippen LogP contribution in [-0.4, -0.2) is 26.3 Å². The molecule has 8 heteroatoms. The lowest BCUT2D eigenvalue weighted by molar-refractivity contribution is 0.384. The fourth-order valence-electron chi connectivity index (χ4n) is 2.42. The SMILES string of the molecule is CCCCn1c(=O)c(C=Nc2ccc(Cl)cc2)c(O)n(CCCCl)c1=O. The number of aliphatic imine (C=N–C) groups is 1. The van der Waals surface area contributed by atoms with E-state index in [0.717, 1.165) is 11.0 Å². The van der Waals surface area contributed by atoms with Gasteiger partial charge < -0.3 is 5.11 Å². The first-order chi connectivity index (χ1) is 12.5. The van der Waals surface area contributed by atoms with E-state index in [1.807, 2.05) is 6.92 Å². The lowest BCUT2D eigenvalue weighted by Gasteiger charge is -2.13. The Kier molecular flexibility index (Phi) is 7.48. The van der Waals surface area contributed by atoms with Gasteiger partial charge in [0.2, 0.25) is 5.88 Å². The largest absolute Gasteiger partial charge is 0.494 e. The summed E-state index contributed by atoms with van der Waals surface area (Å²) >= 11 is 11.5. The number of rotatable bonds is 8. The highest BCUT2D eigenvalue weighted by Gasteiger charge is 2.17. The summed E-state index contributed by atoms with van der Waals surface area (Å²) in [5.41, 5.74) is -0.535. The number of nitrogens with zero attached hydrogens (tertiary/aromatic N) is 3. The Bertz CT molecular complexity index is 886. The highest BCUT2D eigenvalue weighted by atomic mass is 35.5. The van der Waals surface area contributed by atoms with Gasteiger partial charge in [0.1, 0.15) is 5.56 Å². The molecule has 1 aromatic carbocycles. The quantitative estimate of drug-likeness (QED) is 0.546. The first-order valence-corrected chi connectivity index (χ1v) is 9.33. The second kappa shape index (κ2) is 9.59. The highest BCUT2D eigenvalue weighted by molar-refractivity contribution is 6.30. The molecule has 0 spiro atoms. The van der Waals surface area contributed by atoms with Crippen molar-refractivity contribution < 1.29 is 5.11 Å². The molecule has 0 aliphatic carbocycles. The molecule has 0 saturated carbocycles. The second-order valence-electron chi connectivity index (χ2n) is 5.76. The van der Waals surface area contributed by atoms with Crippen molar-refractivity contribution in [3.8, 4) is 5.88 Å². The number of alkyl halides is 1. The maximum absolute atomic E-state index is 12.7. The third-order valence-corrected chi connectivity index (χ3v) is 4.37. The molecule has 0 bridgehead atoms. The standard InChI is InChI=1S/C18H21Cl2N3O3/c1-2-3-10-22-16(24)15(12-21-14-7-5-13(20)6-8-14)17(25)23(18(22)26)11-4-9-19/h5-8,12,25H,2-4,9-11H2,1H3. The molecule has 26 heavy (non-hydrogen) atoms. The van der Waals surface area contributed by atoms with E-state index >= 15 is 0 Å². The van der Waals surface area contributed by atoms with Crippen molar-refractivity contribution in [2.75, 3.05) is 5.88 Å². The third-order valence-electron chi connectivity index (χ3n) is 3.85. The van der Waals surface area contributed by atoms with Crippen LogP contribution in [0.2, 0.25) is 5.02 Å². The normalized spacial score (nSPS) is 11.3. The molecular formula is C18H21Cl2N3O3. The van der Waals surface area contributed by atoms with Crippen LogP contribution in [0.25, 0.3) is 0 Å². The van der Waals surface area contributed by atoms with Crippen LogP contribution in [-0.2, 0) is 13.1 Å². The monoisotopic (exact) mass is 397 g/mol. The molecule has 6 nitrogen and oxygen atoms in total. The smallest absolute Gasteiger partial charge is 0.333 e. The summed E-state index contributed by atoms with van der Waals surface area (Å²) in [6, 6.07) is 6.73. The average molecular weight is 398 g/mol. The molecule has 0 amide bonds. The van der Waals surface area contributed by atoms with E-state index in [9.17, 15) is 14.7 Å². The van der Waals surface area contributed by atoms with E-state index in [2.05, 4.69) is 4.99 Å². The van der Waals surface area contributed by atoms with Crippen LogP contribution in [0.1, 0.15) is 31.7 Å². The highest BCUT2D eigenvalue weighted by Crippen LogP contribution is 2.17. The predicted molar refractivity (Wildman–Crippen MR) is 106 cm³/mol. The van der Waals surface area contributed by atoms with Crippen LogP contribution in [0.5, 0.6) is 5.88 Å². The maximum atomic E-state index is 12.7. The maximum Gasteiger partial charge on any atom is 0.333 e. The Hall–Kier alpha value is -2.05. The van der Waals surface area contributed by atoms with Crippen molar-refractivity contribution in [1.29, 1.82) is 0 Å². The van der Waals surface area contributed by atoms with Gasteiger partial charge in [0.25, 0.3) is 5.56 Å². The summed E-state index contributed by atoms with van der Waals surface area (Å²) in [5.74, 6) is -0.0516. The number of halogens is 2. The summed E-state index contributed by atoms with van der Waals surface area (Å²) in [4.78, 5) is 29.4. The number of hydrogen-bond donors (Lipinski definition) is 1. The summed E-state index contributed by atoms with van der Waals surface area (Å²) < 4.78 is 2.31. The fraction of sp³-hybridized carbons (Fsp3) is 0.389. The molecular weight excluding hydrogens is 377 g/mol. The topological polar surface area (TPSA) is 76.6 Å². The first-order valence-electron chi connectivity index (χ1n) is 8.41. The molecule has 1 heterocycles. The molecule has 0 fully saturated rings. The Morgan fingerprint density at radius 1 is 1.12 bits per heavy atom. The number of aromatic hydroxyl groups is 1. The molecule has 0 saturated heterocycles. The summed E-state index contributed by atoms with van der Waals surface area (Å²) in [6.45, 7) is 2.49. The minimum atomic E-state index is -0.555. The van der Waals surface area contributed by atoms with E-state index in [4.69, 9.17) is 23.2 Å². The van der Waals surface area contributed by atoms with Crippen molar-refractivity contribution in [3.05, 3.63) is 55.7 Å². The van der Waals surface area contributed by atoms with Gasteiger partial charge in [-0.05, 0) is 37.1 Å². The predicted octanol–water partition coefficient (Wildman–Crippen LogP) is 3.55. The van der Waals surface area contributed by atoms with E-state index in [1.54, 1.807) is 24.3 Å². The van der Waals surface area contributed by atoms with Crippen LogP contribution < -0.4 is 11.2 Å². The van der Waals surface area contributed by atoms with Gasteiger partial charge in [-0.15, -0.1) is 11.6 Å². The Labute approximate surface area is 161 Å². The minimum absolute atomic E-state index is 0.0229. The van der Waals surface area contributed by atoms with Crippen LogP contribution >= 0.6 is 23.2 Å². The van der Waals surface area contributed by atoms with Gasteiger partial charge in [0.15, 0.2) is 0 Å². The number of unbranched alkanes of at least 4 members (excludes halogenated alkanes) is 1. The zero-order valence-corrected chi connectivity index (χ0v) is 16.0. The van der Waals surface area contributed by atoms with Crippen molar-refractivity contribution >= 4 is 35.1 Å². The van der Waals surface area contributed by atoms with E-state index in [-0.39, 0.29) is 18.7 Å². The molecule has 1 N–H and O–H groups in total. The Balaban J connectivity index is 2.53. The van der Waals surface area contributed by atoms with Crippen LogP contribution in [0.4, 0.5) is 5.69 Å². The summed E-state index contributed by atoms with van der Waals surface area (Å²) in [7, 11) is 0. The van der Waals surface area contributed by atoms with Gasteiger partial charge in [0, 0.05) is 30.2 Å². The molecule has 0 unspecified atom stereocenters. The van der Waals surface area contributed by atoms with Crippen molar-refractivity contribution in [2.24, 2.45) is 4.99 Å². The molecule has 0 atom stereocenters. The van der Waals surface area contributed by atoms with Gasteiger partial charge in [-0.1, -0.05) is 24.9 Å². The van der Waals surface area contributed by atoms with Gasteiger partial charge in [-0.2, -0.15) is 0 Å². The zero-order chi connectivity index (χ0) is 19.1. The number of benzene rings is 1. The van der Waals surface area contributed by atoms with Gasteiger partial charge in [-0.3, -0.25) is 18.9 Å². The third kappa shape index (κ3) is 4.77. The molecule has 1 aromatic heterocycles. The lowest BCUT2D eigenvalue weighted by atomic mass is 10.3. The number of aromatic nitrogens is 2. The van der Waals surface area contributed by atoms with Crippen LogP contribution in [0, 0.1) is 0 Å². The first kappa shape index (κ1) is 20.3. The van der Waals surface area contributed by atoms with Crippen molar-refractivity contribution in [3.63, 3.8) is 0 Å². The van der Waals surface area contributed by atoms with Crippen molar-refractivity contribution in [2.45, 2.75) is 39.3 Å². The number of hydrogen-bond acceptors (Lipinski definition) is 4. The molecule has 0 aliphatic rings. The van der Waals surface area contributed by atoms with Crippen molar-refractivity contribution in [1.82, 2.24) is 9.13 Å². The molecule has 0 radical (unpaired) electrons. The van der Waals surface area contributed by atoms with Crippen LogP contribution in [0.3, 0.4) is 0 Å². The van der Waals surface area contributed by atoms with Gasteiger partial charge in [-0.25, -0.2) is 4.79 Å². The zero-order valence-electron chi connectivity index (χ0n) is 14.5. The summed E-state index contributed by atoms with van der Waals surface area (Å²) in [6.07, 6.45) is 3.29. The second-order valence-corrected chi connectivity index (χ2v) is 6.57. The van der Waals surface area contributed by atoms with Gasteiger partial charge >= 0.3 is 5.69 Å². The Morgan fingerprint density at radius 2 is 1.77 bits per heavy atom. The minimum Gasteiger partial charge on any atom is -0.494 e. The summed E-state index contributed by atoms with van der Waals surface area (Å²) in [5, 5.41) is 11.0. The van der Waals surface area contributed by atoms with E-state index in [0.29, 0.717) is 29.4 Å². The molecule has 2 aromatic rings. The van der Waals surface area contributed by atoms with E-state index in [1.165, 1.54) is 10.8 Å². The van der Waals surface area contributed by atoms with Crippen LogP contribution in [0.15, 0.2) is 38.8 Å². The van der Waals surface area contributed by atoms with Gasteiger partial charge in [0.05, 0.1) is 5.69 Å². The molecule has 140 valence electrons. The Morgan fingerprint density at radius 3 is 2.38 bits per heavy atom.